The maximum Gasteiger partial charge on any atom is -0.0235 e. The first-order chi connectivity index (χ1) is 7.12. The Hall–Kier alpha value is 0.650. The Balaban J connectivity index is 2.20. The fourth-order valence-electron chi connectivity index (χ4n) is 2.44. The number of hydrogen-bond acceptors (Lipinski definition) is 1. The Morgan fingerprint density at radius 3 is 2.13 bits per heavy atom. The Morgan fingerprint density at radius 2 is 1.60 bits per heavy atom. The molecule has 0 aliphatic carbocycles. The van der Waals surface area contributed by atoms with E-state index in [1.54, 1.807) is 0 Å². The molecule has 0 saturated carbocycles. The molecule has 0 aromatic carbocycles. The Labute approximate surface area is 101 Å². The van der Waals surface area contributed by atoms with Crippen molar-refractivity contribution in [2.45, 2.75) is 58.8 Å². The van der Waals surface area contributed by atoms with Gasteiger partial charge >= 0.3 is 0 Å². The fraction of sp³-hybridized carbons (Fsp3) is 1.00. The molecule has 0 aromatic heterocycles. The third-order valence-corrected chi connectivity index (χ3v) is 8.52. The summed E-state index contributed by atoms with van der Waals surface area (Å²) in [5.41, 5.74) is 0. The van der Waals surface area contributed by atoms with Gasteiger partial charge in [0.1, 0.15) is 0 Å². The molecule has 0 aromatic rings. The average Bonchev–Trinajstić information content (AvgIpc) is 2.38. The van der Waals surface area contributed by atoms with E-state index in [1.807, 2.05) is 0 Å². The van der Waals surface area contributed by atoms with Crippen molar-refractivity contribution in [1.82, 2.24) is 0 Å². The van der Waals surface area contributed by atoms with Crippen molar-refractivity contribution in [1.29, 1.82) is 0 Å². The van der Waals surface area contributed by atoms with Gasteiger partial charge in [0.2, 0.25) is 0 Å². The Morgan fingerprint density at radius 1 is 1.00 bits per heavy atom. The smallest absolute Gasteiger partial charge is 0.0235 e. The van der Waals surface area contributed by atoms with Crippen LogP contribution in [-0.4, -0.2) is 18.5 Å². The number of rotatable bonds is 5. The summed E-state index contributed by atoms with van der Waals surface area (Å²) in [6, 6.07) is -0.883. The van der Waals surface area contributed by atoms with Crippen LogP contribution in [0.3, 0.4) is 0 Å². The van der Waals surface area contributed by atoms with Crippen LogP contribution in [0.5, 0.6) is 0 Å². The molecule has 1 aliphatic heterocycles. The Kier molecular flexibility index (Phi) is 6.46. The SMILES string of the molecule is CC(C)CCCCP1(=S)CCCCCC1. The second-order valence-electron chi connectivity index (χ2n) is 5.53. The minimum Gasteiger partial charge on any atom is -0.0975 e. The van der Waals surface area contributed by atoms with Gasteiger partial charge in [-0.25, -0.2) is 0 Å². The Bertz CT molecular complexity index is 199. The maximum absolute atomic E-state index is 5.93. The lowest BCUT2D eigenvalue weighted by Gasteiger charge is -2.19. The van der Waals surface area contributed by atoms with Crippen molar-refractivity contribution in [2.24, 2.45) is 5.92 Å². The maximum atomic E-state index is 5.93. The summed E-state index contributed by atoms with van der Waals surface area (Å²) in [6.45, 7) is 4.65. The molecular weight excluding hydrogens is 219 g/mol. The normalized spacial score (nSPS) is 21.5. The number of unbranched alkanes of at least 4 members (excludes halogenated alkanes) is 1. The highest BCUT2D eigenvalue weighted by molar-refractivity contribution is 8.14. The van der Waals surface area contributed by atoms with E-state index in [9.17, 15) is 0 Å². The van der Waals surface area contributed by atoms with E-state index in [1.165, 1.54) is 63.4 Å². The summed E-state index contributed by atoms with van der Waals surface area (Å²) in [4.78, 5) is 0. The van der Waals surface area contributed by atoms with Gasteiger partial charge in [-0.05, 0) is 49.7 Å². The number of hydrogen-bond donors (Lipinski definition) is 0. The molecule has 0 bridgehead atoms. The van der Waals surface area contributed by atoms with Crippen LogP contribution < -0.4 is 0 Å². The van der Waals surface area contributed by atoms with Crippen molar-refractivity contribution in [3.63, 3.8) is 0 Å². The van der Waals surface area contributed by atoms with Gasteiger partial charge in [-0.2, -0.15) is 0 Å². The molecule has 2 heteroatoms. The highest BCUT2D eigenvalue weighted by Gasteiger charge is 2.18. The summed E-state index contributed by atoms with van der Waals surface area (Å²) >= 11 is 5.93. The third kappa shape index (κ3) is 6.07. The molecule has 1 saturated heterocycles. The first kappa shape index (κ1) is 13.7. The third-order valence-electron chi connectivity index (χ3n) is 3.48. The molecule has 0 atom stereocenters. The van der Waals surface area contributed by atoms with Gasteiger partial charge in [0.15, 0.2) is 0 Å². The van der Waals surface area contributed by atoms with Gasteiger partial charge in [0.05, 0.1) is 0 Å². The minimum absolute atomic E-state index is 0.874. The molecule has 0 amide bonds. The van der Waals surface area contributed by atoms with E-state index in [-0.39, 0.29) is 0 Å². The van der Waals surface area contributed by atoms with Crippen molar-refractivity contribution in [2.75, 3.05) is 18.5 Å². The van der Waals surface area contributed by atoms with Crippen LogP contribution in [0.1, 0.15) is 58.8 Å². The summed E-state index contributed by atoms with van der Waals surface area (Å²) in [5, 5.41) is 0. The molecular formula is C13H27PS. The van der Waals surface area contributed by atoms with E-state index in [0.29, 0.717) is 0 Å². The summed E-state index contributed by atoms with van der Waals surface area (Å²) in [5.74, 6) is 0.874. The lowest BCUT2D eigenvalue weighted by atomic mass is 10.1. The van der Waals surface area contributed by atoms with Crippen LogP contribution in [0.15, 0.2) is 0 Å². The van der Waals surface area contributed by atoms with Crippen LogP contribution in [0.25, 0.3) is 0 Å². The van der Waals surface area contributed by atoms with Gasteiger partial charge in [-0.15, -0.1) is 0 Å². The zero-order valence-electron chi connectivity index (χ0n) is 10.5. The largest absolute Gasteiger partial charge is 0.0975 e. The zero-order valence-corrected chi connectivity index (χ0v) is 12.2. The zero-order chi connectivity index (χ0) is 11.1. The van der Waals surface area contributed by atoms with E-state index in [2.05, 4.69) is 13.8 Å². The molecule has 0 spiro atoms. The molecule has 1 rings (SSSR count). The van der Waals surface area contributed by atoms with Crippen LogP contribution in [-0.2, 0) is 11.8 Å². The molecule has 1 aliphatic rings. The van der Waals surface area contributed by atoms with Crippen LogP contribution in [0.2, 0.25) is 0 Å². The van der Waals surface area contributed by atoms with Crippen LogP contribution >= 0.6 is 6.04 Å². The van der Waals surface area contributed by atoms with E-state index < -0.39 is 6.04 Å². The van der Waals surface area contributed by atoms with E-state index >= 15 is 0 Å². The predicted octanol–water partition coefficient (Wildman–Crippen LogP) is 4.87. The molecule has 0 radical (unpaired) electrons. The van der Waals surface area contributed by atoms with Gasteiger partial charge in [0.25, 0.3) is 0 Å². The topological polar surface area (TPSA) is 0 Å². The highest BCUT2D eigenvalue weighted by Crippen LogP contribution is 2.50. The van der Waals surface area contributed by atoms with Gasteiger partial charge in [-0.1, -0.05) is 51.3 Å². The van der Waals surface area contributed by atoms with Crippen molar-refractivity contribution in [3.05, 3.63) is 0 Å². The minimum atomic E-state index is -0.883. The molecule has 0 nitrogen and oxygen atoms in total. The average molecular weight is 246 g/mol. The van der Waals surface area contributed by atoms with Gasteiger partial charge in [0, 0.05) is 0 Å². The first-order valence-electron chi connectivity index (χ1n) is 6.69. The van der Waals surface area contributed by atoms with Gasteiger partial charge < -0.3 is 0 Å². The molecule has 15 heavy (non-hydrogen) atoms. The van der Waals surface area contributed by atoms with Gasteiger partial charge in [-0.3, -0.25) is 0 Å². The van der Waals surface area contributed by atoms with E-state index in [4.69, 9.17) is 11.8 Å². The molecule has 1 fully saturated rings. The van der Waals surface area contributed by atoms with Crippen LogP contribution in [0.4, 0.5) is 0 Å². The van der Waals surface area contributed by atoms with Crippen molar-refractivity contribution < 1.29 is 0 Å². The van der Waals surface area contributed by atoms with Crippen LogP contribution in [0, 0.1) is 5.92 Å². The second kappa shape index (κ2) is 7.07. The molecule has 90 valence electrons. The summed E-state index contributed by atoms with van der Waals surface area (Å²) in [7, 11) is 0. The summed E-state index contributed by atoms with van der Waals surface area (Å²) in [6.07, 6.45) is 14.2. The fourth-order valence-corrected chi connectivity index (χ4v) is 6.67. The highest BCUT2D eigenvalue weighted by atomic mass is 32.4. The molecule has 0 unspecified atom stereocenters. The predicted molar refractivity (Wildman–Crippen MR) is 76.0 cm³/mol. The molecule has 0 N–H and O–H groups in total. The quantitative estimate of drug-likeness (QED) is 0.493. The molecule has 1 heterocycles. The lowest BCUT2D eigenvalue weighted by Crippen LogP contribution is -1.98. The van der Waals surface area contributed by atoms with Crippen molar-refractivity contribution >= 4 is 17.8 Å². The van der Waals surface area contributed by atoms with Crippen molar-refractivity contribution in [3.8, 4) is 0 Å². The lowest BCUT2D eigenvalue weighted by molar-refractivity contribution is 0.551. The summed E-state index contributed by atoms with van der Waals surface area (Å²) < 4.78 is 0. The van der Waals surface area contributed by atoms with E-state index in [0.717, 1.165) is 5.92 Å². The standard InChI is InChI=1S/C13H27PS/c1-13(2)9-5-8-12-14(15)10-6-3-4-7-11-14/h13H,3-12H2,1-2H3. The monoisotopic (exact) mass is 246 g/mol. The first-order valence-corrected chi connectivity index (χ1v) is 10.1. The second-order valence-corrected chi connectivity index (χ2v) is 11.3.